The van der Waals surface area contributed by atoms with Gasteiger partial charge in [0.25, 0.3) is 0 Å². The molecule has 0 aromatic rings. The summed E-state index contributed by atoms with van der Waals surface area (Å²) in [6.45, 7) is 5.82. The fraction of sp³-hybridized carbons (Fsp3) is 0.933. The highest BCUT2D eigenvalue weighted by Gasteiger charge is 2.44. The lowest BCUT2D eigenvalue weighted by atomic mass is 9.87. The van der Waals surface area contributed by atoms with Gasteiger partial charge in [0, 0.05) is 17.4 Å². The van der Waals surface area contributed by atoms with Crippen molar-refractivity contribution in [3.63, 3.8) is 0 Å². The molecule has 0 aromatic heterocycles. The Balaban J connectivity index is 1.93. The molecule has 2 aliphatic heterocycles. The fourth-order valence-electron chi connectivity index (χ4n) is 3.50. The summed E-state index contributed by atoms with van der Waals surface area (Å²) in [4.78, 5) is 14.3. The van der Waals surface area contributed by atoms with E-state index in [1.165, 1.54) is 25.7 Å². The van der Waals surface area contributed by atoms with E-state index in [1.54, 1.807) is 0 Å². The Labute approximate surface area is 125 Å². The van der Waals surface area contributed by atoms with E-state index in [0.717, 1.165) is 24.1 Å². The van der Waals surface area contributed by atoms with Crippen molar-refractivity contribution in [1.82, 2.24) is 4.90 Å². The summed E-state index contributed by atoms with van der Waals surface area (Å²) in [5.74, 6) is 0.800. The molecule has 0 radical (unpaired) electrons. The van der Waals surface area contributed by atoms with E-state index >= 15 is 0 Å². The average molecular weight is 332 g/mol. The number of nitrogens with zero attached hydrogens (tertiary/aromatic N) is 1. The maximum Gasteiger partial charge on any atom is 0.410 e. The number of fused-ring (bicyclic) bond motifs is 2. The first-order valence-electron chi connectivity index (χ1n) is 7.48. The summed E-state index contributed by atoms with van der Waals surface area (Å²) < 4.78 is 5.55. The molecule has 2 saturated heterocycles. The zero-order valence-corrected chi connectivity index (χ0v) is 13.9. The zero-order chi connectivity index (χ0) is 14.0. The summed E-state index contributed by atoms with van der Waals surface area (Å²) in [6.07, 6.45) is 7.10. The van der Waals surface area contributed by atoms with Crippen LogP contribution >= 0.6 is 15.9 Å². The van der Waals surface area contributed by atoms with Gasteiger partial charge in [0.1, 0.15) is 5.60 Å². The molecule has 4 heteroatoms. The number of carbonyl (C=O) groups excluding carboxylic acids is 1. The number of piperidine rings is 1. The molecule has 2 bridgehead atoms. The Bertz CT molecular complexity index is 313. The minimum atomic E-state index is -0.386. The first-order valence-corrected chi connectivity index (χ1v) is 8.60. The molecule has 2 unspecified atom stereocenters. The Morgan fingerprint density at radius 1 is 1.26 bits per heavy atom. The number of alkyl halides is 1. The first kappa shape index (κ1) is 15.1. The smallest absolute Gasteiger partial charge is 0.410 e. The molecular formula is C15H26BrNO2. The number of halogens is 1. The Hall–Kier alpha value is -0.250. The molecule has 0 aromatic carbocycles. The standard InChI is InChI=1S/C15H26BrNO2/c1-15(2,3)19-14(18)17-12-6-7-13(17)10-11(9-12)5-4-8-16/h11-13H,4-10H2,1-3H3. The summed E-state index contributed by atoms with van der Waals surface area (Å²) in [5.41, 5.74) is -0.386. The minimum absolute atomic E-state index is 0.0982. The van der Waals surface area contributed by atoms with Crippen LogP contribution in [0.3, 0.4) is 0 Å². The normalized spacial score (nSPS) is 30.5. The predicted molar refractivity (Wildman–Crippen MR) is 80.6 cm³/mol. The van der Waals surface area contributed by atoms with Crippen molar-refractivity contribution in [2.75, 3.05) is 5.33 Å². The number of ether oxygens (including phenoxy) is 1. The van der Waals surface area contributed by atoms with Crippen LogP contribution in [-0.2, 0) is 4.74 Å². The van der Waals surface area contributed by atoms with Crippen LogP contribution in [0, 0.1) is 5.92 Å². The lowest BCUT2D eigenvalue weighted by molar-refractivity contribution is 0.00163. The molecule has 0 saturated carbocycles. The van der Waals surface area contributed by atoms with Crippen LogP contribution in [0.1, 0.15) is 59.3 Å². The molecule has 2 atom stereocenters. The number of amides is 1. The number of rotatable bonds is 3. The van der Waals surface area contributed by atoms with Crippen LogP contribution in [-0.4, -0.2) is 34.0 Å². The van der Waals surface area contributed by atoms with Gasteiger partial charge in [0.15, 0.2) is 0 Å². The third-order valence-corrected chi connectivity index (χ3v) is 4.74. The second kappa shape index (κ2) is 6.02. The highest BCUT2D eigenvalue weighted by atomic mass is 79.9. The maximum absolute atomic E-state index is 12.3. The van der Waals surface area contributed by atoms with Crippen molar-refractivity contribution < 1.29 is 9.53 Å². The minimum Gasteiger partial charge on any atom is -0.444 e. The zero-order valence-electron chi connectivity index (χ0n) is 12.3. The molecule has 2 aliphatic rings. The molecule has 2 rings (SSSR count). The highest BCUT2D eigenvalue weighted by Crippen LogP contribution is 2.41. The second-order valence-corrected chi connectivity index (χ2v) is 7.73. The average Bonchev–Trinajstić information content (AvgIpc) is 2.56. The summed E-state index contributed by atoms with van der Waals surface area (Å²) in [7, 11) is 0. The van der Waals surface area contributed by atoms with Crippen molar-refractivity contribution in [3.8, 4) is 0 Å². The van der Waals surface area contributed by atoms with Crippen molar-refractivity contribution in [2.24, 2.45) is 5.92 Å². The Morgan fingerprint density at radius 2 is 1.84 bits per heavy atom. The van der Waals surface area contributed by atoms with Crippen LogP contribution in [0.5, 0.6) is 0 Å². The molecule has 110 valence electrons. The fourth-order valence-corrected chi connectivity index (χ4v) is 3.83. The van der Waals surface area contributed by atoms with Gasteiger partial charge in [-0.05, 0) is 65.2 Å². The van der Waals surface area contributed by atoms with Crippen LogP contribution in [0.4, 0.5) is 4.79 Å². The third-order valence-electron chi connectivity index (χ3n) is 4.18. The molecule has 2 heterocycles. The van der Waals surface area contributed by atoms with Gasteiger partial charge in [-0.3, -0.25) is 0 Å². The molecule has 0 N–H and O–H groups in total. The van der Waals surface area contributed by atoms with Crippen molar-refractivity contribution in [2.45, 2.75) is 77.0 Å². The van der Waals surface area contributed by atoms with Crippen LogP contribution in [0.15, 0.2) is 0 Å². The molecule has 3 nitrogen and oxygen atoms in total. The monoisotopic (exact) mass is 331 g/mol. The van der Waals surface area contributed by atoms with E-state index in [0.29, 0.717) is 12.1 Å². The largest absolute Gasteiger partial charge is 0.444 e. The van der Waals surface area contributed by atoms with Gasteiger partial charge in [0.2, 0.25) is 0 Å². The van der Waals surface area contributed by atoms with Crippen LogP contribution in [0.2, 0.25) is 0 Å². The van der Waals surface area contributed by atoms with Gasteiger partial charge in [-0.2, -0.15) is 0 Å². The Morgan fingerprint density at radius 3 is 2.32 bits per heavy atom. The highest BCUT2D eigenvalue weighted by molar-refractivity contribution is 9.09. The molecular weight excluding hydrogens is 306 g/mol. The van der Waals surface area contributed by atoms with Gasteiger partial charge < -0.3 is 9.64 Å². The van der Waals surface area contributed by atoms with Gasteiger partial charge >= 0.3 is 6.09 Å². The third kappa shape index (κ3) is 3.87. The quantitative estimate of drug-likeness (QED) is 0.720. The van der Waals surface area contributed by atoms with Crippen molar-refractivity contribution in [1.29, 1.82) is 0 Å². The van der Waals surface area contributed by atoms with Crippen LogP contribution in [0.25, 0.3) is 0 Å². The van der Waals surface area contributed by atoms with Gasteiger partial charge in [-0.1, -0.05) is 15.9 Å². The van der Waals surface area contributed by atoms with Crippen LogP contribution < -0.4 is 0 Å². The summed E-state index contributed by atoms with van der Waals surface area (Å²) in [5, 5.41) is 1.09. The number of hydrogen-bond donors (Lipinski definition) is 0. The first-order chi connectivity index (χ1) is 8.90. The second-order valence-electron chi connectivity index (χ2n) is 6.94. The van der Waals surface area contributed by atoms with E-state index in [-0.39, 0.29) is 11.7 Å². The van der Waals surface area contributed by atoms with Gasteiger partial charge in [-0.25, -0.2) is 4.79 Å². The van der Waals surface area contributed by atoms with E-state index in [1.807, 2.05) is 25.7 Å². The molecule has 1 amide bonds. The van der Waals surface area contributed by atoms with E-state index in [4.69, 9.17) is 4.74 Å². The molecule has 2 fully saturated rings. The SMILES string of the molecule is CC(C)(C)OC(=O)N1C2CCC1CC(CCCBr)C2. The van der Waals surface area contributed by atoms with Crippen molar-refractivity contribution in [3.05, 3.63) is 0 Å². The van der Waals surface area contributed by atoms with E-state index < -0.39 is 0 Å². The Kier molecular flexibility index (Phi) is 4.80. The van der Waals surface area contributed by atoms with E-state index in [9.17, 15) is 4.79 Å². The number of hydrogen-bond acceptors (Lipinski definition) is 2. The lowest BCUT2D eigenvalue weighted by Crippen LogP contribution is -2.48. The summed E-state index contributed by atoms with van der Waals surface area (Å²) in [6, 6.07) is 0.850. The predicted octanol–water partition coefficient (Wildman–Crippen LogP) is 4.34. The van der Waals surface area contributed by atoms with Gasteiger partial charge in [-0.15, -0.1) is 0 Å². The molecule has 0 spiro atoms. The van der Waals surface area contributed by atoms with Crippen molar-refractivity contribution >= 4 is 22.0 Å². The topological polar surface area (TPSA) is 29.5 Å². The van der Waals surface area contributed by atoms with Gasteiger partial charge in [0.05, 0.1) is 0 Å². The summed E-state index contributed by atoms with van der Waals surface area (Å²) >= 11 is 3.51. The van der Waals surface area contributed by atoms with E-state index in [2.05, 4.69) is 15.9 Å². The molecule has 19 heavy (non-hydrogen) atoms. The molecule has 0 aliphatic carbocycles. The maximum atomic E-state index is 12.3. The lowest BCUT2D eigenvalue weighted by Gasteiger charge is -2.39. The number of carbonyl (C=O) groups is 1.